The Labute approximate surface area is 92.2 Å². The largest absolute Gasteiger partial charge is 0.341 e. The van der Waals surface area contributed by atoms with Crippen LogP contribution in [0.2, 0.25) is 0 Å². The third kappa shape index (κ3) is 1.65. The minimum atomic E-state index is -0.427. The number of imide groups is 1. The van der Waals surface area contributed by atoms with Gasteiger partial charge in [-0.25, -0.2) is 0 Å². The van der Waals surface area contributed by atoms with Gasteiger partial charge in [0, 0.05) is 13.1 Å². The first kappa shape index (κ1) is 10.6. The van der Waals surface area contributed by atoms with E-state index in [9.17, 15) is 14.4 Å². The number of carbonyl (C=O) groups excluding carboxylic acids is 3. The average Bonchev–Trinajstić information content (AvgIpc) is 2.55. The Bertz CT molecular complexity index is 399. The highest BCUT2D eigenvalue weighted by molar-refractivity contribution is 6.05. The van der Waals surface area contributed by atoms with Crippen molar-refractivity contribution in [3.63, 3.8) is 0 Å². The maximum atomic E-state index is 11.5. The van der Waals surface area contributed by atoms with Crippen molar-refractivity contribution in [2.24, 2.45) is 11.8 Å². The van der Waals surface area contributed by atoms with Crippen LogP contribution in [0.1, 0.15) is 12.8 Å². The van der Waals surface area contributed by atoms with Crippen LogP contribution in [0.3, 0.4) is 0 Å². The van der Waals surface area contributed by atoms with E-state index in [-0.39, 0.29) is 36.6 Å². The predicted molar refractivity (Wildman–Crippen MR) is 51.6 cm³/mol. The summed E-state index contributed by atoms with van der Waals surface area (Å²) in [6, 6.07) is 1.79. The molecule has 84 valence electrons. The number of nitriles is 1. The number of rotatable bonds is 1. The van der Waals surface area contributed by atoms with Crippen LogP contribution in [-0.4, -0.2) is 35.7 Å². The van der Waals surface area contributed by atoms with E-state index in [1.54, 1.807) is 6.07 Å². The summed E-state index contributed by atoms with van der Waals surface area (Å²) in [5.41, 5.74) is 0. The molecule has 16 heavy (non-hydrogen) atoms. The minimum Gasteiger partial charge on any atom is -0.341 e. The van der Waals surface area contributed by atoms with E-state index in [1.807, 2.05) is 0 Å². The van der Waals surface area contributed by atoms with Crippen molar-refractivity contribution in [3.05, 3.63) is 0 Å². The van der Waals surface area contributed by atoms with Crippen LogP contribution in [0, 0.1) is 23.2 Å². The van der Waals surface area contributed by atoms with Gasteiger partial charge in [0.15, 0.2) is 0 Å². The van der Waals surface area contributed by atoms with Crippen LogP contribution >= 0.6 is 0 Å². The van der Waals surface area contributed by atoms with E-state index in [0.29, 0.717) is 13.0 Å². The second-order valence-electron chi connectivity index (χ2n) is 4.03. The van der Waals surface area contributed by atoms with Crippen LogP contribution in [0.15, 0.2) is 0 Å². The summed E-state index contributed by atoms with van der Waals surface area (Å²) >= 11 is 0. The van der Waals surface area contributed by atoms with Gasteiger partial charge in [0.25, 0.3) is 0 Å². The third-order valence-corrected chi connectivity index (χ3v) is 3.12. The highest BCUT2D eigenvalue weighted by Gasteiger charge is 2.45. The molecule has 0 spiro atoms. The molecule has 2 aliphatic heterocycles. The molecule has 6 nitrogen and oxygen atoms in total. The van der Waals surface area contributed by atoms with Crippen molar-refractivity contribution >= 4 is 17.7 Å². The molecule has 0 aromatic carbocycles. The fraction of sp³-hybridized carbons (Fsp3) is 0.600. The van der Waals surface area contributed by atoms with Crippen LogP contribution in [0.4, 0.5) is 0 Å². The van der Waals surface area contributed by atoms with E-state index in [0.717, 1.165) is 0 Å². The summed E-state index contributed by atoms with van der Waals surface area (Å²) in [5, 5.41) is 10.7. The van der Waals surface area contributed by atoms with Crippen molar-refractivity contribution < 1.29 is 14.4 Å². The predicted octanol–water partition coefficient (Wildman–Crippen LogP) is -0.979. The SMILES string of the molecule is N#CCC(=O)N1CC[C@H]2C(=O)NC(=O)[C@@H]2C1. The summed E-state index contributed by atoms with van der Waals surface area (Å²) in [4.78, 5) is 35.7. The van der Waals surface area contributed by atoms with E-state index >= 15 is 0 Å². The smallest absolute Gasteiger partial charge is 0.236 e. The molecule has 2 saturated heterocycles. The first-order valence-electron chi connectivity index (χ1n) is 5.13. The molecule has 0 aromatic heterocycles. The number of piperidine rings is 1. The second kappa shape index (κ2) is 3.93. The Hall–Kier alpha value is -1.90. The fourth-order valence-corrected chi connectivity index (χ4v) is 2.24. The first-order valence-corrected chi connectivity index (χ1v) is 5.13. The summed E-state index contributed by atoms with van der Waals surface area (Å²) in [6.45, 7) is 0.700. The number of fused-ring (bicyclic) bond motifs is 1. The maximum Gasteiger partial charge on any atom is 0.236 e. The van der Waals surface area contributed by atoms with Crippen molar-refractivity contribution in [2.45, 2.75) is 12.8 Å². The summed E-state index contributed by atoms with van der Waals surface area (Å²) in [7, 11) is 0. The molecule has 0 saturated carbocycles. The molecule has 0 aliphatic carbocycles. The number of carbonyl (C=O) groups is 3. The monoisotopic (exact) mass is 221 g/mol. The van der Waals surface area contributed by atoms with Gasteiger partial charge in [0.05, 0.1) is 17.9 Å². The van der Waals surface area contributed by atoms with Crippen LogP contribution in [0.5, 0.6) is 0 Å². The normalized spacial score (nSPS) is 28.3. The molecule has 0 bridgehead atoms. The molecule has 0 aromatic rings. The van der Waals surface area contributed by atoms with E-state index < -0.39 is 5.92 Å². The van der Waals surface area contributed by atoms with Gasteiger partial charge in [-0.15, -0.1) is 0 Å². The molecule has 3 amide bonds. The molecule has 0 radical (unpaired) electrons. The molecular weight excluding hydrogens is 210 g/mol. The number of amides is 3. The Morgan fingerprint density at radius 1 is 1.44 bits per heavy atom. The molecule has 6 heteroatoms. The van der Waals surface area contributed by atoms with Crippen molar-refractivity contribution in [1.82, 2.24) is 10.2 Å². The molecule has 1 N–H and O–H groups in total. The molecule has 0 unspecified atom stereocenters. The minimum absolute atomic E-state index is 0.174. The Morgan fingerprint density at radius 3 is 2.81 bits per heavy atom. The van der Waals surface area contributed by atoms with Crippen LogP contribution < -0.4 is 5.32 Å². The second-order valence-corrected chi connectivity index (χ2v) is 4.03. The van der Waals surface area contributed by atoms with Crippen molar-refractivity contribution in [3.8, 4) is 6.07 Å². The number of likely N-dealkylation sites (tertiary alicyclic amines) is 1. The first-order chi connectivity index (χ1) is 7.63. The fourth-order valence-electron chi connectivity index (χ4n) is 2.24. The number of hydrogen-bond donors (Lipinski definition) is 1. The van der Waals surface area contributed by atoms with Gasteiger partial charge in [0.1, 0.15) is 6.42 Å². The summed E-state index contributed by atoms with van der Waals surface area (Å²) in [5.74, 6) is -1.53. The van der Waals surface area contributed by atoms with Gasteiger partial charge in [-0.3, -0.25) is 19.7 Å². The molecular formula is C10H11N3O3. The maximum absolute atomic E-state index is 11.5. The van der Waals surface area contributed by atoms with E-state index in [2.05, 4.69) is 5.32 Å². The zero-order chi connectivity index (χ0) is 11.7. The number of hydrogen-bond acceptors (Lipinski definition) is 4. The lowest BCUT2D eigenvalue weighted by Crippen LogP contribution is -2.44. The van der Waals surface area contributed by atoms with Gasteiger partial charge < -0.3 is 4.90 Å². The van der Waals surface area contributed by atoms with E-state index in [4.69, 9.17) is 5.26 Å². The standard InChI is InChI=1S/C10H11N3O3/c11-3-1-8(14)13-4-2-6-7(5-13)10(16)12-9(6)15/h6-7H,1-2,4-5H2,(H,12,15,16)/t6-,7-/m1/s1. The summed E-state index contributed by atoms with van der Waals surface area (Å²) in [6.07, 6.45) is 0.326. The highest BCUT2D eigenvalue weighted by atomic mass is 16.2. The van der Waals surface area contributed by atoms with Gasteiger partial charge in [-0.05, 0) is 6.42 Å². The average molecular weight is 221 g/mol. The summed E-state index contributed by atoms with van der Waals surface area (Å²) < 4.78 is 0. The Morgan fingerprint density at radius 2 is 2.12 bits per heavy atom. The van der Waals surface area contributed by atoms with Gasteiger partial charge >= 0.3 is 0 Å². The Kier molecular flexibility index (Phi) is 2.60. The van der Waals surface area contributed by atoms with Gasteiger partial charge in [-0.2, -0.15) is 5.26 Å². The molecule has 2 atom stereocenters. The lowest BCUT2D eigenvalue weighted by molar-refractivity contribution is -0.135. The molecule has 2 fully saturated rings. The van der Waals surface area contributed by atoms with Gasteiger partial charge in [0.2, 0.25) is 17.7 Å². The van der Waals surface area contributed by atoms with E-state index in [1.165, 1.54) is 4.90 Å². The van der Waals surface area contributed by atoms with Crippen LogP contribution in [0.25, 0.3) is 0 Å². The number of nitrogens with one attached hydrogen (secondary N) is 1. The molecule has 2 aliphatic rings. The lowest BCUT2D eigenvalue weighted by Gasteiger charge is -2.31. The number of nitrogens with zero attached hydrogens (tertiary/aromatic N) is 2. The van der Waals surface area contributed by atoms with Crippen molar-refractivity contribution in [1.29, 1.82) is 5.26 Å². The molecule has 2 heterocycles. The lowest BCUT2D eigenvalue weighted by atomic mass is 9.87. The Balaban J connectivity index is 2.06. The quantitative estimate of drug-likeness (QED) is 0.576. The van der Waals surface area contributed by atoms with Gasteiger partial charge in [-0.1, -0.05) is 0 Å². The molecule has 2 rings (SSSR count). The third-order valence-electron chi connectivity index (χ3n) is 3.12. The van der Waals surface area contributed by atoms with Crippen LogP contribution in [-0.2, 0) is 14.4 Å². The van der Waals surface area contributed by atoms with Crippen molar-refractivity contribution in [2.75, 3.05) is 13.1 Å². The highest BCUT2D eigenvalue weighted by Crippen LogP contribution is 2.28. The zero-order valence-electron chi connectivity index (χ0n) is 8.60. The topological polar surface area (TPSA) is 90.3 Å². The zero-order valence-corrected chi connectivity index (χ0v) is 8.60.